The van der Waals surface area contributed by atoms with E-state index >= 15 is 0 Å². The van der Waals surface area contributed by atoms with E-state index in [0.29, 0.717) is 12.5 Å². The van der Waals surface area contributed by atoms with Crippen molar-refractivity contribution >= 4 is 46.7 Å². The Morgan fingerprint density at radius 1 is 1.12 bits per heavy atom. The van der Waals surface area contributed by atoms with Crippen LogP contribution >= 0.6 is 24.0 Å². The van der Waals surface area contributed by atoms with Crippen LogP contribution in [-0.4, -0.2) is 22.1 Å². The normalized spacial score (nSPS) is 13.9. The van der Waals surface area contributed by atoms with E-state index in [9.17, 15) is 0 Å². The van der Waals surface area contributed by atoms with Crippen LogP contribution in [0.15, 0.2) is 53.8 Å². The molecular weight excluding hydrogens is 437 g/mol. The predicted octanol–water partition coefficient (Wildman–Crippen LogP) is 3.96. The maximum absolute atomic E-state index is 6.10. The van der Waals surface area contributed by atoms with Gasteiger partial charge in [-0.25, -0.2) is 4.98 Å². The quantitative estimate of drug-likeness (QED) is 0.351. The van der Waals surface area contributed by atoms with Crippen molar-refractivity contribution in [2.24, 2.45) is 10.7 Å². The van der Waals surface area contributed by atoms with Crippen molar-refractivity contribution < 1.29 is 0 Å². The molecule has 26 heavy (non-hydrogen) atoms. The van der Waals surface area contributed by atoms with Crippen molar-refractivity contribution in [2.75, 3.05) is 11.9 Å². The van der Waals surface area contributed by atoms with Gasteiger partial charge in [-0.3, -0.25) is 4.99 Å². The topological polar surface area (TPSA) is 68.2 Å². The van der Waals surface area contributed by atoms with E-state index in [-0.39, 0.29) is 24.0 Å². The third-order valence-corrected chi connectivity index (χ3v) is 4.81. The Labute approximate surface area is 170 Å². The first-order valence-electron chi connectivity index (χ1n) is 8.89. The molecule has 0 unspecified atom stereocenters. The van der Waals surface area contributed by atoms with Gasteiger partial charge in [-0.1, -0.05) is 24.3 Å². The largest absolute Gasteiger partial charge is 0.370 e. The molecule has 3 aromatic rings. The average molecular weight is 461 g/mol. The molecular formula is C20H24IN5. The molecule has 4 rings (SSSR count). The molecule has 0 atom stereocenters. The molecule has 0 spiro atoms. The van der Waals surface area contributed by atoms with Gasteiger partial charge < -0.3 is 15.6 Å². The van der Waals surface area contributed by atoms with Crippen LogP contribution < -0.4 is 11.1 Å². The van der Waals surface area contributed by atoms with Crippen molar-refractivity contribution in [1.29, 1.82) is 0 Å². The summed E-state index contributed by atoms with van der Waals surface area (Å²) >= 11 is 0. The summed E-state index contributed by atoms with van der Waals surface area (Å²) in [5.74, 6) is 0.475. The number of hydrogen-bond acceptors (Lipinski definition) is 2. The van der Waals surface area contributed by atoms with E-state index in [1.54, 1.807) is 0 Å². The maximum Gasteiger partial charge on any atom is 0.193 e. The monoisotopic (exact) mass is 461 g/mol. The molecule has 6 heteroatoms. The summed E-state index contributed by atoms with van der Waals surface area (Å²) in [5.41, 5.74) is 12.2. The lowest BCUT2D eigenvalue weighted by Crippen LogP contribution is -2.24. The lowest BCUT2D eigenvalue weighted by atomic mass is 9.90. The molecule has 3 N–H and O–H groups in total. The van der Waals surface area contributed by atoms with Crippen LogP contribution in [0.4, 0.5) is 5.69 Å². The maximum atomic E-state index is 6.10. The number of benzene rings is 2. The number of rotatable bonds is 4. The molecule has 1 aromatic heterocycles. The molecule has 1 aliphatic carbocycles. The smallest absolute Gasteiger partial charge is 0.193 e. The Morgan fingerprint density at radius 2 is 1.96 bits per heavy atom. The van der Waals surface area contributed by atoms with E-state index < -0.39 is 0 Å². The van der Waals surface area contributed by atoms with Crippen molar-refractivity contribution in [3.63, 3.8) is 0 Å². The number of nitrogens with two attached hydrogens (primary N) is 1. The summed E-state index contributed by atoms with van der Waals surface area (Å²) in [6.45, 7) is 1.38. The van der Waals surface area contributed by atoms with Crippen molar-refractivity contribution in [3.05, 3.63) is 59.9 Å². The number of guanidine groups is 1. The molecule has 1 heterocycles. The molecule has 0 saturated heterocycles. The molecule has 0 amide bonds. The highest BCUT2D eigenvalue weighted by Gasteiger charge is 2.13. The van der Waals surface area contributed by atoms with Crippen molar-refractivity contribution in [3.8, 4) is 0 Å². The van der Waals surface area contributed by atoms with Crippen LogP contribution in [-0.2, 0) is 19.4 Å². The van der Waals surface area contributed by atoms with Crippen molar-refractivity contribution in [2.45, 2.75) is 32.2 Å². The zero-order chi connectivity index (χ0) is 17.1. The van der Waals surface area contributed by atoms with E-state index in [1.807, 2.05) is 24.5 Å². The Bertz CT molecular complexity index is 915. The Hall–Kier alpha value is -2.09. The Kier molecular flexibility index (Phi) is 6.13. The van der Waals surface area contributed by atoms with Gasteiger partial charge >= 0.3 is 0 Å². The zero-order valence-corrected chi connectivity index (χ0v) is 17.0. The molecule has 1 aliphatic rings. The summed E-state index contributed by atoms with van der Waals surface area (Å²) in [7, 11) is 0. The molecule has 0 radical (unpaired) electrons. The van der Waals surface area contributed by atoms with Crippen LogP contribution in [0, 0.1) is 0 Å². The van der Waals surface area contributed by atoms with Crippen LogP contribution in [0.2, 0.25) is 0 Å². The van der Waals surface area contributed by atoms with Crippen LogP contribution in [0.3, 0.4) is 0 Å². The summed E-state index contributed by atoms with van der Waals surface area (Å²) in [6.07, 6.45) is 6.66. The van der Waals surface area contributed by atoms with E-state index in [4.69, 9.17) is 5.73 Å². The molecule has 0 bridgehead atoms. The van der Waals surface area contributed by atoms with E-state index in [1.165, 1.54) is 24.0 Å². The number of imidazole rings is 1. The number of anilines is 1. The lowest BCUT2D eigenvalue weighted by molar-refractivity contribution is 0.687. The van der Waals surface area contributed by atoms with Gasteiger partial charge in [-0.15, -0.1) is 24.0 Å². The van der Waals surface area contributed by atoms with Gasteiger partial charge in [-0.2, -0.15) is 0 Å². The molecule has 136 valence electrons. The third-order valence-electron chi connectivity index (χ3n) is 4.81. The van der Waals surface area contributed by atoms with Gasteiger partial charge in [0.1, 0.15) is 0 Å². The van der Waals surface area contributed by atoms with Gasteiger partial charge in [0.05, 0.1) is 23.9 Å². The van der Waals surface area contributed by atoms with Gasteiger partial charge in [0, 0.05) is 12.2 Å². The Balaban J connectivity index is 0.00000196. The van der Waals surface area contributed by atoms with Gasteiger partial charge in [0.2, 0.25) is 0 Å². The number of hydrogen-bond donors (Lipinski definition) is 2. The fraction of sp³-hybridized carbons (Fsp3) is 0.300. The predicted molar refractivity (Wildman–Crippen MR) is 118 cm³/mol. The molecule has 2 aromatic carbocycles. The fourth-order valence-corrected chi connectivity index (χ4v) is 3.54. The number of para-hydroxylation sites is 2. The zero-order valence-electron chi connectivity index (χ0n) is 14.7. The first kappa shape index (κ1) is 18.7. The molecule has 0 aliphatic heterocycles. The van der Waals surface area contributed by atoms with Gasteiger partial charge in [0.25, 0.3) is 0 Å². The van der Waals surface area contributed by atoms with Crippen LogP contribution in [0.1, 0.15) is 24.0 Å². The average Bonchev–Trinajstić information content (AvgIpc) is 3.05. The van der Waals surface area contributed by atoms with E-state index in [2.05, 4.69) is 44.1 Å². The highest BCUT2D eigenvalue weighted by molar-refractivity contribution is 14.0. The van der Waals surface area contributed by atoms with Gasteiger partial charge in [0.15, 0.2) is 5.96 Å². The first-order valence-corrected chi connectivity index (χ1v) is 8.89. The highest BCUT2D eigenvalue weighted by Crippen LogP contribution is 2.27. The van der Waals surface area contributed by atoms with Crippen LogP contribution in [0.25, 0.3) is 11.0 Å². The van der Waals surface area contributed by atoms with Crippen LogP contribution in [0.5, 0.6) is 0 Å². The second kappa shape index (κ2) is 8.53. The number of fused-ring (bicyclic) bond motifs is 2. The Morgan fingerprint density at radius 3 is 2.88 bits per heavy atom. The second-order valence-corrected chi connectivity index (χ2v) is 6.47. The molecule has 0 saturated carbocycles. The lowest BCUT2D eigenvalue weighted by Gasteiger charge is -2.19. The summed E-state index contributed by atoms with van der Waals surface area (Å²) in [5, 5.41) is 3.29. The highest BCUT2D eigenvalue weighted by atomic mass is 127. The van der Waals surface area contributed by atoms with Gasteiger partial charge in [-0.05, 0) is 55.0 Å². The summed E-state index contributed by atoms with van der Waals surface area (Å²) < 4.78 is 2.11. The summed E-state index contributed by atoms with van der Waals surface area (Å²) in [6, 6.07) is 14.5. The number of aryl methyl sites for hydroxylation is 1. The van der Waals surface area contributed by atoms with E-state index in [0.717, 1.165) is 36.1 Å². The minimum absolute atomic E-state index is 0. The molecule has 5 nitrogen and oxygen atoms in total. The minimum atomic E-state index is 0. The second-order valence-electron chi connectivity index (χ2n) is 6.47. The number of nitrogens with one attached hydrogen (secondary N) is 1. The first-order chi connectivity index (χ1) is 12.3. The minimum Gasteiger partial charge on any atom is -0.370 e. The number of aromatic nitrogens is 2. The number of nitrogens with zero attached hydrogens (tertiary/aromatic N) is 3. The standard InChI is InChI=1S/C20H23N5.HI/c21-20(24-17-10-5-7-15-6-1-2-8-16(15)17)22-12-13-25-14-23-18-9-3-4-11-19(18)25;/h3-5,7,9-11,14H,1-2,6,8,12-13H2,(H3,21,22,24);1H. The van der Waals surface area contributed by atoms with Crippen molar-refractivity contribution in [1.82, 2.24) is 9.55 Å². The number of aliphatic imine (C=N–C) groups is 1. The third kappa shape index (κ3) is 4.00. The molecule has 0 fully saturated rings. The number of halogens is 1. The SMILES string of the molecule is I.NC(=NCCn1cnc2ccccc21)Nc1cccc2c1CCCC2. The fourth-order valence-electron chi connectivity index (χ4n) is 3.54. The summed E-state index contributed by atoms with van der Waals surface area (Å²) in [4.78, 5) is 8.88.